The number of hydrogen-bond donors (Lipinski definition) is 3. The summed E-state index contributed by atoms with van der Waals surface area (Å²) in [6.07, 6.45) is -1.32. The van der Waals surface area contributed by atoms with Crippen LogP contribution in [0.4, 0.5) is 0 Å². The minimum atomic E-state index is -1.58. The lowest BCUT2D eigenvalue weighted by molar-refractivity contribution is 0.0450. The Balaban J connectivity index is 3.14. The molecule has 0 aliphatic carbocycles. The first-order valence-corrected chi connectivity index (χ1v) is 1.57. The largest absolute Gasteiger partial charge is 0.394 e. The minimum Gasteiger partial charge on any atom is -0.394 e. The third-order valence-corrected chi connectivity index (χ3v) is 0.359. The quantitative estimate of drug-likeness (QED) is 0.359. The van der Waals surface area contributed by atoms with E-state index in [2.05, 4.69) is 0 Å². The van der Waals surface area contributed by atoms with Crippen molar-refractivity contribution in [2.24, 2.45) is 0 Å². The first-order chi connectivity index (χ1) is 3.18. The number of hydrogen-bond acceptors (Lipinski definition) is 3. The molecule has 0 bridgehead atoms. The summed E-state index contributed by atoms with van der Waals surface area (Å²) < 4.78 is 6.33. The molecule has 0 aliphatic heterocycles. The Morgan fingerprint density at radius 2 is 2.17 bits per heavy atom. The van der Waals surface area contributed by atoms with Gasteiger partial charge in [-0.1, -0.05) is 0 Å². The van der Waals surface area contributed by atoms with Crippen molar-refractivity contribution in [3.05, 3.63) is 0 Å². The normalized spacial score (nSPS) is 22.2. The summed E-state index contributed by atoms with van der Waals surface area (Å²) in [5.41, 5.74) is 0. The molecule has 2 atom stereocenters. The molecule has 0 fully saturated rings. The average molecular weight is 95.1 g/mol. The van der Waals surface area contributed by atoms with Gasteiger partial charge >= 0.3 is 0 Å². The molecule has 0 heterocycles. The molecule has 0 aromatic rings. The first-order valence-electron chi connectivity index (χ1n) is 2.15. The van der Waals surface area contributed by atoms with E-state index in [4.69, 9.17) is 16.7 Å². The highest BCUT2D eigenvalue weighted by atomic mass is 16.5. The van der Waals surface area contributed by atoms with Gasteiger partial charge in [-0.25, -0.2) is 0 Å². The SMILES string of the molecule is [2H][C@H](O)[13C@@H](O)[13CH2]O. The molecule has 6 heavy (non-hydrogen) atoms. The topological polar surface area (TPSA) is 60.7 Å². The van der Waals surface area contributed by atoms with Gasteiger partial charge in [0.2, 0.25) is 0 Å². The van der Waals surface area contributed by atoms with E-state index in [1.54, 1.807) is 0 Å². The van der Waals surface area contributed by atoms with E-state index in [9.17, 15) is 0 Å². The van der Waals surface area contributed by atoms with Gasteiger partial charge in [-0.2, -0.15) is 0 Å². The van der Waals surface area contributed by atoms with Crippen molar-refractivity contribution in [2.45, 2.75) is 6.10 Å². The Morgan fingerprint density at radius 1 is 1.67 bits per heavy atom. The van der Waals surface area contributed by atoms with Crippen LogP contribution in [0.3, 0.4) is 0 Å². The summed E-state index contributed by atoms with van der Waals surface area (Å²) in [6.45, 7) is -2.14. The maximum absolute atomic E-state index is 8.25. The zero-order valence-corrected chi connectivity index (χ0v) is 3.20. The summed E-state index contributed by atoms with van der Waals surface area (Å²) in [7, 11) is 0. The summed E-state index contributed by atoms with van der Waals surface area (Å²) in [5.74, 6) is 0. The molecule has 0 saturated carbocycles. The molecule has 0 unspecified atom stereocenters. The molecular weight excluding hydrogens is 86.0 g/mol. The molecule has 0 saturated heterocycles. The van der Waals surface area contributed by atoms with Gasteiger partial charge in [0.15, 0.2) is 0 Å². The molecule has 0 radical (unpaired) electrons. The number of aliphatic hydroxyl groups is 3. The van der Waals surface area contributed by atoms with Gasteiger partial charge in [0, 0.05) is 0 Å². The highest BCUT2D eigenvalue weighted by Crippen LogP contribution is 1.71. The van der Waals surface area contributed by atoms with Crippen molar-refractivity contribution >= 4 is 0 Å². The van der Waals surface area contributed by atoms with E-state index in [0.29, 0.717) is 0 Å². The molecule has 3 heteroatoms. The van der Waals surface area contributed by atoms with Crippen molar-refractivity contribution in [3.63, 3.8) is 0 Å². The number of rotatable bonds is 2. The lowest BCUT2D eigenvalue weighted by Crippen LogP contribution is -2.15. The fourth-order valence-corrected chi connectivity index (χ4v) is 0.0471. The van der Waals surface area contributed by atoms with Gasteiger partial charge in [-0.3, -0.25) is 0 Å². The molecule has 0 aliphatic rings. The first kappa shape index (κ1) is 4.05. The Labute approximate surface area is 37.3 Å². The van der Waals surface area contributed by atoms with Crippen LogP contribution in [0.25, 0.3) is 0 Å². The zero-order valence-electron chi connectivity index (χ0n) is 4.20. The number of aliphatic hydroxyl groups excluding tert-OH is 3. The van der Waals surface area contributed by atoms with Crippen LogP contribution in [0, 0.1) is 0 Å². The van der Waals surface area contributed by atoms with Crippen LogP contribution >= 0.6 is 0 Å². The van der Waals surface area contributed by atoms with Gasteiger partial charge < -0.3 is 15.3 Å². The van der Waals surface area contributed by atoms with Crippen LogP contribution in [0.1, 0.15) is 1.37 Å². The summed E-state index contributed by atoms with van der Waals surface area (Å²) in [5, 5.41) is 24.3. The second-order valence-corrected chi connectivity index (χ2v) is 0.899. The zero-order chi connectivity index (χ0) is 5.86. The van der Waals surface area contributed by atoms with Crippen LogP contribution in [0.5, 0.6) is 0 Å². The van der Waals surface area contributed by atoms with Gasteiger partial charge in [-0.05, 0) is 0 Å². The maximum Gasteiger partial charge on any atom is 0.100 e. The molecule has 0 aromatic heterocycles. The monoisotopic (exact) mass is 95.1 g/mol. The molecule has 0 aromatic carbocycles. The van der Waals surface area contributed by atoms with E-state index in [-0.39, 0.29) is 0 Å². The highest BCUT2D eigenvalue weighted by molar-refractivity contribution is 4.43. The molecule has 38 valence electrons. The summed E-state index contributed by atoms with van der Waals surface area (Å²) in [6, 6.07) is 0. The van der Waals surface area contributed by atoms with Crippen LogP contribution in [0.2, 0.25) is 0 Å². The Bertz CT molecular complexity index is 47.4. The smallest absolute Gasteiger partial charge is 0.100 e. The molecule has 3 N–H and O–H groups in total. The van der Waals surface area contributed by atoms with Crippen molar-refractivity contribution in [2.75, 3.05) is 13.2 Å². The Hall–Kier alpha value is -0.120. The van der Waals surface area contributed by atoms with Gasteiger partial charge in [0.05, 0.1) is 14.6 Å². The molecule has 3 nitrogen and oxygen atoms in total. The van der Waals surface area contributed by atoms with Crippen molar-refractivity contribution in [1.29, 1.82) is 0 Å². The van der Waals surface area contributed by atoms with Crippen LogP contribution < -0.4 is 0 Å². The van der Waals surface area contributed by atoms with E-state index in [0.717, 1.165) is 0 Å². The van der Waals surface area contributed by atoms with E-state index in [1.807, 2.05) is 0 Å². The second-order valence-electron chi connectivity index (χ2n) is 0.899. The fourth-order valence-electron chi connectivity index (χ4n) is 0.0471. The van der Waals surface area contributed by atoms with Crippen LogP contribution in [-0.4, -0.2) is 34.6 Å². The molecule has 0 amide bonds. The predicted molar refractivity (Wildman–Crippen MR) is 20.2 cm³/mol. The minimum absolute atomic E-state index is 0.565. The lowest BCUT2D eigenvalue weighted by Gasteiger charge is -1.96. The standard InChI is InChI=1S/C3H8O3/c4-1-3(6)2-5/h3-6H,1-2H2/i1D,2+1,3+1/t1-,3+/m0/s1. The maximum atomic E-state index is 8.25. The fraction of sp³-hybridized carbons (Fsp3) is 1.00. The lowest BCUT2D eigenvalue weighted by atomic mass is 11.0. The Morgan fingerprint density at radius 3 is 2.17 bits per heavy atom. The Kier molecular flexibility index (Phi) is 2.08. The molecular formula is C3H8O3. The average Bonchev–Trinajstić information content (AvgIpc) is 1.65. The van der Waals surface area contributed by atoms with E-state index < -0.39 is 19.3 Å². The summed E-state index contributed by atoms with van der Waals surface area (Å²) in [4.78, 5) is 0. The van der Waals surface area contributed by atoms with E-state index >= 15 is 0 Å². The van der Waals surface area contributed by atoms with Crippen LogP contribution in [0.15, 0.2) is 0 Å². The van der Waals surface area contributed by atoms with Gasteiger partial charge in [0.1, 0.15) is 6.10 Å². The van der Waals surface area contributed by atoms with E-state index in [1.165, 1.54) is 0 Å². The highest BCUT2D eigenvalue weighted by Gasteiger charge is 1.93. The van der Waals surface area contributed by atoms with Crippen molar-refractivity contribution < 1.29 is 16.7 Å². The predicted octanol–water partition coefficient (Wildman–Crippen LogP) is -1.67. The third kappa shape index (κ3) is 2.14. The van der Waals surface area contributed by atoms with Crippen molar-refractivity contribution in [3.8, 4) is 0 Å². The molecule has 0 spiro atoms. The molecule has 0 rings (SSSR count). The van der Waals surface area contributed by atoms with Crippen LogP contribution in [-0.2, 0) is 0 Å². The van der Waals surface area contributed by atoms with Gasteiger partial charge in [-0.15, -0.1) is 0 Å². The van der Waals surface area contributed by atoms with Crippen molar-refractivity contribution in [1.82, 2.24) is 0 Å². The summed E-state index contributed by atoms with van der Waals surface area (Å²) >= 11 is 0. The van der Waals surface area contributed by atoms with Gasteiger partial charge in [0.25, 0.3) is 0 Å². The second kappa shape index (κ2) is 3.08. The third-order valence-electron chi connectivity index (χ3n) is 0.359.